The van der Waals surface area contributed by atoms with Crippen molar-refractivity contribution in [1.82, 2.24) is 9.99 Å². The summed E-state index contributed by atoms with van der Waals surface area (Å²) in [6.07, 6.45) is -0.145. The standard InChI is InChI=1S/C23H32N3O9P/c1-14(2)23(3,22(30)31)25-36(32,35-16-9-5-4-6-10-16)33-13-17-18(27)19(28)21(34-17)26-11-7-8-15(12-26)20(24)29/h4-7,9-12,14,17-19,21,27-28H,8,13H2,1-3H3,(H2,24,29)(H,25,32)(H,30,31)/t17-,18-,19-,21-,23+,36?/m1/s1. The average molecular weight is 525 g/mol. The topological polar surface area (TPSA) is 181 Å². The predicted octanol–water partition coefficient (Wildman–Crippen LogP) is 1.31. The highest BCUT2D eigenvalue weighted by atomic mass is 31.2. The molecule has 3 rings (SSSR count). The van der Waals surface area contributed by atoms with Crippen molar-refractivity contribution < 1.29 is 43.3 Å². The van der Waals surface area contributed by atoms with Crippen LogP contribution in [0.15, 0.2) is 54.4 Å². The van der Waals surface area contributed by atoms with Gasteiger partial charge in [0.2, 0.25) is 5.91 Å². The number of amides is 1. The first-order valence-electron chi connectivity index (χ1n) is 11.3. The molecule has 0 radical (unpaired) electrons. The van der Waals surface area contributed by atoms with Gasteiger partial charge in [-0.2, -0.15) is 5.09 Å². The number of nitrogens with one attached hydrogen (secondary N) is 1. The van der Waals surface area contributed by atoms with Crippen molar-refractivity contribution in [2.24, 2.45) is 11.7 Å². The number of ether oxygens (including phenoxy) is 1. The minimum absolute atomic E-state index is 0.165. The summed E-state index contributed by atoms with van der Waals surface area (Å²) in [5.74, 6) is -2.24. The third kappa shape index (κ3) is 6.15. The van der Waals surface area contributed by atoms with Crippen molar-refractivity contribution in [2.75, 3.05) is 6.61 Å². The number of carbonyl (C=O) groups excluding carboxylic acids is 1. The van der Waals surface area contributed by atoms with Gasteiger partial charge in [-0.3, -0.25) is 14.1 Å². The summed E-state index contributed by atoms with van der Waals surface area (Å²) in [5.41, 5.74) is 3.94. The van der Waals surface area contributed by atoms with Crippen molar-refractivity contribution in [3.05, 3.63) is 54.4 Å². The molecule has 13 heteroatoms. The maximum Gasteiger partial charge on any atom is 0.459 e. The van der Waals surface area contributed by atoms with Crippen LogP contribution in [0.1, 0.15) is 27.2 Å². The maximum atomic E-state index is 13.8. The van der Waals surface area contributed by atoms with E-state index in [-0.39, 0.29) is 11.3 Å². The first-order chi connectivity index (χ1) is 16.9. The number of carboxylic acid groups (broad SMARTS) is 1. The molecule has 1 saturated heterocycles. The molecule has 2 aliphatic rings. The Labute approximate surface area is 208 Å². The highest BCUT2D eigenvalue weighted by molar-refractivity contribution is 7.52. The van der Waals surface area contributed by atoms with E-state index in [0.717, 1.165) is 0 Å². The van der Waals surface area contributed by atoms with Crippen LogP contribution in [0.2, 0.25) is 0 Å². The van der Waals surface area contributed by atoms with Gasteiger partial charge in [0.25, 0.3) is 0 Å². The van der Waals surface area contributed by atoms with Gasteiger partial charge >= 0.3 is 13.7 Å². The molecule has 6 N–H and O–H groups in total. The van der Waals surface area contributed by atoms with Crippen molar-refractivity contribution in [1.29, 1.82) is 0 Å². The Morgan fingerprint density at radius 2 is 1.94 bits per heavy atom. The highest BCUT2D eigenvalue weighted by Gasteiger charge is 2.48. The number of nitrogens with zero attached hydrogens (tertiary/aromatic N) is 1. The molecule has 1 aromatic carbocycles. The van der Waals surface area contributed by atoms with Crippen molar-refractivity contribution in [3.8, 4) is 5.75 Å². The minimum Gasteiger partial charge on any atom is -0.480 e. The molecule has 12 nitrogen and oxygen atoms in total. The lowest BCUT2D eigenvalue weighted by Crippen LogP contribution is -2.52. The number of primary amides is 1. The first-order valence-corrected chi connectivity index (χ1v) is 12.9. The number of allylic oxidation sites excluding steroid dienone is 1. The Hall–Kier alpha value is -2.73. The van der Waals surface area contributed by atoms with Crippen LogP contribution >= 0.6 is 7.75 Å². The van der Waals surface area contributed by atoms with Gasteiger partial charge in [-0.15, -0.1) is 0 Å². The molecule has 0 aromatic heterocycles. The number of hydrogen-bond donors (Lipinski definition) is 5. The molecule has 1 fully saturated rings. The second kappa shape index (κ2) is 11.1. The minimum atomic E-state index is -4.35. The zero-order valence-corrected chi connectivity index (χ0v) is 21.1. The summed E-state index contributed by atoms with van der Waals surface area (Å²) in [6, 6.07) is 8.06. The summed E-state index contributed by atoms with van der Waals surface area (Å²) in [6.45, 7) is 4.12. The molecule has 6 atom stereocenters. The predicted molar refractivity (Wildman–Crippen MR) is 128 cm³/mol. The van der Waals surface area contributed by atoms with Crippen molar-refractivity contribution in [2.45, 2.75) is 57.3 Å². The molecule has 198 valence electrons. The lowest BCUT2D eigenvalue weighted by atomic mass is 9.90. The Morgan fingerprint density at radius 3 is 2.53 bits per heavy atom. The normalized spacial score (nSPS) is 27.3. The Bertz CT molecular complexity index is 1060. The van der Waals surface area contributed by atoms with Crippen LogP contribution in [-0.2, 0) is 23.4 Å². The van der Waals surface area contributed by atoms with Crippen LogP contribution in [0, 0.1) is 5.92 Å². The summed E-state index contributed by atoms with van der Waals surface area (Å²) in [7, 11) is -4.35. The molecule has 0 spiro atoms. The molecule has 0 bridgehead atoms. The molecule has 0 aliphatic carbocycles. The summed E-state index contributed by atoms with van der Waals surface area (Å²) in [4.78, 5) is 24.9. The van der Waals surface area contributed by atoms with Gasteiger partial charge in [0, 0.05) is 18.0 Å². The van der Waals surface area contributed by atoms with E-state index in [1.807, 2.05) is 0 Å². The lowest BCUT2D eigenvalue weighted by Gasteiger charge is -2.34. The van der Waals surface area contributed by atoms with Gasteiger partial charge < -0.3 is 35.2 Å². The number of carbonyl (C=O) groups is 2. The van der Waals surface area contributed by atoms with E-state index < -0.39 is 62.2 Å². The summed E-state index contributed by atoms with van der Waals surface area (Å²) in [5, 5.41) is 33.4. The zero-order valence-electron chi connectivity index (χ0n) is 20.2. The summed E-state index contributed by atoms with van der Waals surface area (Å²) < 4.78 is 30.7. The molecular formula is C23H32N3O9P. The van der Waals surface area contributed by atoms with E-state index in [1.54, 1.807) is 44.3 Å². The zero-order chi connectivity index (χ0) is 26.7. The lowest BCUT2D eigenvalue weighted by molar-refractivity contribution is -0.145. The second-order valence-corrected chi connectivity index (χ2v) is 10.7. The van der Waals surface area contributed by atoms with Crippen LogP contribution in [0.5, 0.6) is 5.75 Å². The molecule has 0 saturated carbocycles. The monoisotopic (exact) mass is 525 g/mol. The molecule has 36 heavy (non-hydrogen) atoms. The van der Waals surface area contributed by atoms with Gasteiger partial charge in [0.1, 0.15) is 29.6 Å². The number of aliphatic hydroxyl groups excluding tert-OH is 2. The fourth-order valence-corrected chi connectivity index (χ4v) is 5.42. The van der Waals surface area contributed by atoms with Gasteiger partial charge in [-0.25, -0.2) is 4.57 Å². The van der Waals surface area contributed by atoms with Crippen molar-refractivity contribution in [3.63, 3.8) is 0 Å². The van der Waals surface area contributed by atoms with E-state index >= 15 is 0 Å². The van der Waals surface area contributed by atoms with Crippen molar-refractivity contribution >= 4 is 19.6 Å². The molecule has 1 aromatic rings. The van der Waals surface area contributed by atoms with Crippen LogP contribution in [0.4, 0.5) is 0 Å². The maximum absolute atomic E-state index is 13.8. The van der Waals surface area contributed by atoms with E-state index in [0.29, 0.717) is 6.42 Å². The van der Waals surface area contributed by atoms with Crippen LogP contribution in [-0.4, -0.2) is 68.8 Å². The second-order valence-electron chi connectivity index (χ2n) is 9.07. The first kappa shape index (κ1) is 27.9. The molecule has 2 heterocycles. The average Bonchev–Trinajstić information content (AvgIpc) is 3.12. The van der Waals surface area contributed by atoms with E-state index in [1.165, 1.54) is 30.2 Å². The largest absolute Gasteiger partial charge is 0.480 e. The van der Waals surface area contributed by atoms with Crippen LogP contribution < -0.4 is 15.3 Å². The Kier molecular flexibility index (Phi) is 8.60. The van der Waals surface area contributed by atoms with E-state index in [4.69, 9.17) is 19.5 Å². The fourth-order valence-electron chi connectivity index (χ4n) is 3.59. The molecular weight excluding hydrogens is 493 g/mol. The van der Waals surface area contributed by atoms with E-state index in [9.17, 15) is 29.5 Å². The summed E-state index contributed by atoms with van der Waals surface area (Å²) >= 11 is 0. The Morgan fingerprint density at radius 1 is 1.28 bits per heavy atom. The van der Waals surface area contributed by atoms with E-state index in [2.05, 4.69) is 5.09 Å². The van der Waals surface area contributed by atoms with Gasteiger partial charge in [0.15, 0.2) is 6.23 Å². The number of benzene rings is 1. The quantitative estimate of drug-likeness (QED) is 0.263. The number of aliphatic carboxylic acids is 1. The number of hydrogen-bond acceptors (Lipinski definition) is 9. The third-order valence-electron chi connectivity index (χ3n) is 6.21. The smallest absolute Gasteiger partial charge is 0.459 e. The SMILES string of the molecule is CC(C)[C@](C)(NP(=O)(OC[C@H]1O[C@@H](N2C=CCC(C(N)=O)=C2)[C@H](O)[C@@H]1O)Oc1ccccc1)C(=O)O. The number of rotatable bonds is 11. The molecule has 1 amide bonds. The molecule has 2 aliphatic heterocycles. The van der Waals surface area contributed by atoms with Gasteiger partial charge in [0.05, 0.1) is 6.61 Å². The van der Waals surface area contributed by atoms with Gasteiger partial charge in [-0.1, -0.05) is 38.1 Å². The van der Waals surface area contributed by atoms with Crippen LogP contribution in [0.3, 0.4) is 0 Å². The number of para-hydroxylation sites is 1. The number of carboxylic acids is 1. The third-order valence-corrected chi connectivity index (χ3v) is 7.89. The van der Waals surface area contributed by atoms with Crippen LogP contribution in [0.25, 0.3) is 0 Å². The van der Waals surface area contributed by atoms with Gasteiger partial charge in [-0.05, 0) is 31.4 Å². The Balaban J connectivity index is 1.79. The highest BCUT2D eigenvalue weighted by Crippen LogP contribution is 2.48. The fraction of sp³-hybridized carbons (Fsp3) is 0.478. The molecule has 1 unspecified atom stereocenters. The number of nitrogens with two attached hydrogens (primary N) is 1. The number of aliphatic hydroxyl groups is 2.